The maximum Gasteiger partial charge on any atom is 0.326 e. The highest BCUT2D eigenvalue weighted by molar-refractivity contribution is 5.86. The Hall–Kier alpha value is -1.83. The fraction of sp³-hybridized carbons (Fsp3) is 0.750. The lowest BCUT2D eigenvalue weighted by atomic mass is 9.93. The van der Waals surface area contributed by atoms with Gasteiger partial charge in [0.25, 0.3) is 0 Å². The van der Waals surface area contributed by atoms with Crippen LogP contribution in [0.25, 0.3) is 0 Å². The molecule has 0 saturated carbocycles. The molecule has 0 spiro atoms. The highest BCUT2D eigenvalue weighted by atomic mass is 16.5. The third-order valence-electron chi connectivity index (χ3n) is 3.31. The van der Waals surface area contributed by atoms with Gasteiger partial charge in [-0.2, -0.15) is 0 Å². The van der Waals surface area contributed by atoms with E-state index < -0.39 is 30.4 Å². The molecule has 1 heterocycles. The number of ether oxygens (including phenoxy) is 1. The van der Waals surface area contributed by atoms with Crippen molar-refractivity contribution in [3.8, 4) is 0 Å². The largest absolute Gasteiger partial charge is 0.481 e. The van der Waals surface area contributed by atoms with E-state index in [1.165, 1.54) is 0 Å². The van der Waals surface area contributed by atoms with Crippen molar-refractivity contribution in [3.63, 3.8) is 0 Å². The molecule has 8 heteroatoms. The summed E-state index contributed by atoms with van der Waals surface area (Å²) in [5.41, 5.74) is 0. The minimum Gasteiger partial charge on any atom is -0.481 e. The van der Waals surface area contributed by atoms with E-state index in [4.69, 9.17) is 14.9 Å². The van der Waals surface area contributed by atoms with Gasteiger partial charge in [0.15, 0.2) is 0 Å². The third-order valence-corrected chi connectivity index (χ3v) is 3.31. The van der Waals surface area contributed by atoms with Crippen molar-refractivity contribution >= 4 is 18.0 Å². The van der Waals surface area contributed by atoms with Crippen LogP contribution < -0.4 is 10.6 Å². The van der Waals surface area contributed by atoms with Crippen molar-refractivity contribution in [3.05, 3.63) is 0 Å². The lowest BCUT2D eigenvalue weighted by Gasteiger charge is -2.28. The van der Waals surface area contributed by atoms with Crippen molar-refractivity contribution in [2.45, 2.75) is 38.3 Å². The van der Waals surface area contributed by atoms with Crippen LogP contribution in [0.15, 0.2) is 0 Å². The van der Waals surface area contributed by atoms with Crippen LogP contribution >= 0.6 is 0 Å². The van der Waals surface area contributed by atoms with E-state index in [-0.39, 0.29) is 12.0 Å². The Bertz CT molecular complexity index is 367. The molecule has 1 saturated heterocycles. The quantitative estimate of drug-likeness (QED) is 0.546. The van der Waals surface area contributed by atoms with Gasteiger partial charge in [-0.15, -0.1) is 0 Å². The molecule has 1 fully saturated rings. The van der Waals surface area contributed by atoms with E-state index in [0.29, 0.717) is 13.2 Å². The van der Waals surface area contributed by atoms with Crippen LogP contribution in [0.5, 0.6) is 0 Å². The zero-order chi connectivity index (χ0) is 15.1. The Labute approximate surface area is 116 Å². The fourth-order valence-electron chi connectivity index (χ4n) is 2.12. The summed E-state index contributed by atoms with van der Waals surface area (Å²) in [6.45, 7) is 3.13. The van der Waals surface area contributed by atoms with Gasteiger partial charge in [0.1, 0.15) is 6.04 Å². The predicted octanol–water partition coefficient (Wildman–Crippen LogP) is 0.0286. The van der Waals surface area contributed by atoms with E-state index in [1.54, 1.807) is 0 Å². The molecule has 20 heavy (non-hydrogen) atoms. The third kappa shape index (κ3) is 5.43. The molecule has 0 aromatic carbocycles. The zero-order valence-electron chi connectivity index (χ0n) is 11.3. The number of carbonyl (C=O) groups excluding carboxylic acids is 1. The Morgan fingerprint density at radius 3 is 2.30 bits per heavy atom. The SMILES string of the molecule is CC(NC(=O)N[C@@H](CC(=O)O)C(=O)O)C1CCOCC1. The summed E-state index contributed by atoms with van der Waals surface area (Å²) in [6.07, 6.45) is 1.01. The average Bonchev–Trinajstić information content (AvgIpc) is 2.38. The van der Waals surface area contributed by atoms with Crippen molar-refractivity contribution in [2.75, 3.05) is 13.2 Å². The first-order valence-corrected chi connectivity index (χ1v) is 6.49. The summed E-state index contributed by atoms with van der Waals surface area (Å²) in [5.74, 6) is -2.38. The fourth-order valence-corrected chi connectivity index (χ4v) is 2.12. The molecule has 0 aliphatic carbocycles. The lowest BCUT2D eigenvalue weighted by molar-refractivity contribution is -0.145. The maximum absolute atomic E-state index is 11.7. The molecule has 1 aliphatic heterocycles. The van der Waals surface area contributed by atoms with Crippen molar-refractivity contribution in [1.29, 1.82) is 0 Å². The standard InChI is InChI=1S/C12H20N2O6/c1-7(8-2-4-20-5-3-8)13-12(19)14-9(11(17)18)6-10(15)16/h7-9H,2-6H2,1H3,(H,15,16)(H,17,18)(H2,13,14,19)/t7?,9-/m0/s1. The van der Waals surface area contributed by atoms with Gasteiger partial charge in [-0.1, -0.05) is 0 Å². The second kappa shape index (κ2) is 7.68. The maximum atomic E-state index is 11.7. The number of hydrogen-bond acceptors (Lipinski definition) is 4. The van der Waals surface area contributed by atoms with E-state index >= 15 is 0 Å². The predicted molar refractivity (Wildman–Crippen MR) is 68.3 cm³/mol. The molecule has 1 unspecified atom stereocenters. The second-order valence-corrected chi connectivity index (χ2v) is 4.84. The normalized spacial score (nSPS) is 18.9. The van der Waals surface area contributed by atoms with E-state index in [2.05, 4.69) is 10.6 Å². The van der Waals surface area contributed by atoms with Crippen LogP contribution in [0.3, 0.4) is 0 Å². The molecule has 2 atom stereocenters. The number of rotatable bonds is 6. The van der Waals surface area contributed by atoms with Crippen LogP contribution in [-0.2, 0) is 14.3 Å². The first-order chi connectivity index (χ1) is 9.40. The smallest absolute Gasteiger partial charge is 0.326 e. The van der Waals surface area contributed by atoms with Gasteiger partial charge in [-0.05, 0) is 25.7 Å². The minimum atomic E-state index is -1.44. The van der Waals surface area contributed by atoms with Gasteiger partial charge >= 0.3 is 18.0 Å². The molecular formula is C12H20N2O6. The van der Waals surface area contributed by atoms with E-state index in [0.717, 1.165) is 12.8 Å². The van der Waals surface area contributed by atoms with Gasteiger partial charge < -0.3 is 25.6 Å². The molecule has 1 aliphatic rings. The molecule has 4 N–H and O–H groups in total. The zero-order valence-corrected chi connectivity index (χ0v) is 11.3. The Kier molecular flexibility index (Phi) is 6.23. The van der Waals surface area contributed by atoms with Crippen molar-refractivity contribution in [2.24, 2.45) is 5.92 Å². The summed E-state index contributed by atoms with van der Waals surface area (Å²) in [6, 6.07) is -2.23. The van der Waals surface area contributed by atoms with Gasteiger partial charge in [-0.25, -0.2) is 9.59 Å². The first kappa shape index (κ1) is 16.2. The summed E-state index contributed by atoms with van der Waals surface area (Å²) in [5, 5.41) is 22.2. The van der Waals surface area contributed by atoms with Crippen LogP contribution in [0.2, 0.25) is 0 Å². The van der Waals surface area contributed by atoms with Crippen LogP contribution in [0.4, 0.5) is 4.79 Å². The molecule has 1 rings (SSSR count). The van der Waals surface area contributed by atoms with Crippen LogP contribution in [0.1, 0.15) is 26.2 Å². The second-order valence-electron chi connectivity index (χ2n) is 4.84. The molecule has 8 nitrogen and oxygen atoms in total. The monoisotopic (exact) mass is 288 g/mol. The molecule has 0 aromatic heterocycles. The Balaban J connectivity index is 2.43. The van der Waals surface area contributed by atoms with Crippen LogP contribution in [-0.4, -0.2) is 53.5 Å². The first-order valence-electron chi connectivity index (χ1n) is 6.49. The summed E-state index contributed by atoms with van der Waals surface area (Å²) in [7, 11) is 0. The van der Waals surface area contributed by atoms with Gasteiger partial charge in [0.2, 0.25) is 0 Å². The summed E-state index contributed by atoms with van der Waals surface area (Å²) >= 11 is 0. The minimum absolute atomic E-state index is 0.127. The molecule has 0 aromatic rings. The lowest BCUT2D eigenvalue weighted by Crippen LogP contribution is -2.51. The molecule has 2 amide bonds. The number of carbonyl (C=O) groups is 3. The topological polar surface area (TPSA) is 125 Å². The average molecular weight is 288 g/mol. The van der Waals surface area contributed by atoms with Gasteiger partial charge in [0, 0.05) is 19.3 Å². The number of carboxylic acids is 2. The van der Waals surface area contributed by atoms with Crippen LogP contribution in [0, 0.1) is 5.92 Å². The number of amides is 2. The van der Waals surface area contributed by atoms with Crippen molar-refractivity contribution in [1.82, 2.24) is 10.6 Å². The molecule has 0 bridgehead atoms. The molecule has 114 valence electrons. The number of hydrogen-bond donors (Lipinski definition) is 4. The molecule has 0 radical (unpaired) electrons. The van der Waals surface area contributed by atoms with Crippen molar-refractivity contribution < 1.29 is 29.3 Å². The number of urea groups is 1. The Morgan fingerprint density at radius 1 is 1.20 bits per heavy atom. The highest BCUT2D eigenvalue weighted by Gasteiger charge is 2.26. The number of carboxylic acid groups (broad SMARTS) is 2. The van der Waals surface area contributed by atoms with Gasteiger partial charge in [-0.3, -0.25) is 4.79 Å². The van der Waals surface area contributed by atoms with E-state index in [1.807, 2.05) is 6.92 Å². The number of nitrogens with one attached hydrogen (secondary N) is 2. The molecular weight excluding hydrogens is 268 g/mol. The summed E-state index contributed by atoms with van der Waals surface area (Å²) < 4.78 is 5.22. The Morgan fingerprint density at radius 2 is 1.80 bits per heavy atom. The number of aliphatic carboxylic acids is 2. The van der Waals surface area contributed by atoms with E-state index in [9.17, 15) is 14.4 Å². The van der Waals surface area contributed by atoms with Gasteiger partial charge in [0.05, 0.1) is 6.42 Å². The summed E-state index contributed by atoms with van der Waals surface area (Å²) in [4.78, 5) is 33.0. The highest BCUT2D eigenvalue weighted by Crippen LogP contribution is 2.18.